The molecule has 0 aliphatic rings. The number of anilines is 2. The lowest BCUT2D eigenvalue weighted by atomic mass is 10.1. The quantitative estimate of drug-likeness (QED) is 0.795. The molecule has 0 saturated heterocycles. The molecule has 3 rings (SSSR count). The first-order chi connectivity index (χ1) is 10.2. The third-order valence-electron chi connectivity index (χ3n) is 3.28. The number of benzene rings is 2. The molecule has 0 unspecified atom stereocenters. The molecule has 2 aromatic carbocycles. The van der Waals surface area contributed by atoms with Crippen molar-refractivity contribution in [3.8, 4) is 5.75 Å². The molecule has 3 nitrogen and oxygen atoms in total. The Kier molecular flexibility index (Phi) is 5.11. The third kappa shape index (κ3) is 3.26. The first kappa shape index (κ1) is 16.4. The second-order valence-electron chi connectivity index (χ2n) is 4.80. The van der Waals surface area contributed by atoms with Crippen molar-refractivity contribution in [2.24, 2.45) is 0 Å². The molecule has 114 valence electrons. The number of ether oxygens (including phenoxy) is 1. The van der Waals surface area contributed by atoms with Crippen LogP contribution in [0.3, 0.4) is 0 Å². The second kappa shape index (κ2) is 6.86. The highest BCUT2D eigenvalue weighted by Gasteiger charge is 2.08. The number of halogens is 2. The topological polar surface area (TPSA) is 34.1 Å². The maximum absolute atomic E-state index is 6.11. The van der Waals surface area contributed by atoms with Crippen LogP contribution < -0.4 is 22.5 Å². The maximum atomic E-state index is 6.11. The molecule has 0 fully saturated rings. The summed E-state index contributed by atoms with van der Waals surface area (Å²) >= 11 is 6.11. The molecule has 1 heterocycles. The van der Waals surface area contributed by atoms with Gasteiger partial charge in [-0.25, -0.2) is 0 Å². The number of hydrogen-bond donors (Lipinski definition) is 1. The Bertz CT molecular complexity index is 806. The van der Waals surface area contributed by atoms with Crippen LogP contribution in [0.5, 0.6) is 5.75 Å². The molecule has 0 amide bonds. The summed E-state index contributed by atoms with van der Waals surface area (Å²) in [5.74, 6) is 0.794. The Morgan fingerprint density at radius 1 is 1.05 bits per heavy atom. The van der Waals surface area contributed by atoms with Gasteiger partial charge in [-0.05, 0) is 43.3 Å². The van der Waals surface area contributed by atoms with Crippen molar-refractivity contribution in [2.75, 3.05) is 12.4 Å². The van der Waals surface area contributed by atoms with Gasteiger partial charge in [0, 0.05) is 21.8 Å². The van der Waals surface area contributed by atoms with Crippen LogP contribution in [0.15, 0.2) is 48.5 Å². The van der Waals surface area contributed by atoms with Crippen molar-refractivity contribution in [3.63, 3.8) is 0 Å². The molecule has 0 atom stereocenters. The van der Waals surface area contributed by atoms with E-state index in [1.165, 1.54) is 0 Å². The SMILES string of the molecule is COc1ccccc1Nc1cc(C)nc2ccc(Cl)cc12.[Cl-]. The number of pyridine rings is 1. The number of rotatable bonds is 3. The van der Waals surface area contributed by atoms with Gasteiger partial charge < -0.3 is 22.5 Å². The van der Waals surface area contributed by atoms with Gasteiger partial charge in [0.05, 0.1) is 18.3 Å². The highest BCUT2D eigenvalue weighted by Crippen LogP contribution is 2.32. The Labute approximate surface area is 140 Å². The number of aryl methyl sites for hydroxylation is 1. The molecule has 5 heteroatoms. The number of methoxy groups -OCH3 is 1. The van der Waals surface area contributed by atoms with E-state index in [4.69, 9.17) is 16.3 Å². The Hall–Kier alpha value is -1.97. The van der Waals surface area contributed by atoms with Crippen LogP contribution in [-0.4, -0.2) is 12.1 Å². The van der Waals surface area contributed by atoms with E-state index in [9.17, 15) is 0 Å². The number of hydrogen-bond acceptors (Lipinski definition) is 3. The first-order valence-electron chi connectivity index (χ1n) is 6.64. The minimum atomic E-state index is 0. The molecule has 0 aliphatic heterocycles. The fraction of sp³-hybridized carbons (Fsp3) is 0.118. The average molecular weight is 334 g/mol. The molecule has 0 radical (unpaired) electrons. The number of para-hydroxylation sites is 2. The monoisotopic (exact) mass is 333 g/mol. The summed E-state index contributed by atoms with van der Waals surface area (Å²) in [6.45, 7) is 1.97. The zero-order valence-electron chi connectivity index (χ0n) is 12.2. The lowest BCUT2D eigenvalue weighted by molar-refractivity contribution is -0.00000448. The van der Waals surface area contributed by atoms with Gasteiger partial charge in [0.25, 0.3) is 0 Å². The van der Waals surface area contributed by atoms with E-state index >= 15 is 0 Å². The largest absolute Gasteiger partial charge is 1.00 e. The summed E-state index contributed by atoms with van der Waals surface area (Å²) < 4.78 is 5.38. The molecular weight excluding hydrogens is 319 g/mol. The van der Waals surface area contributed by atoms with Gasteiger partial charge in [-0.3, -0.25) is 4.98 Å². The van der Waals surface area contributed by atoms with Crippen LogP contribution >= 0.6 is 11.6 Å². The summed E-state index contributed by atoms with van der Waals surface area (Å²) in [4.78, 5) is 4.53. The van der Waals surface area contributed by atoms with Crippen molar-refractivity contribution in [2.45, 2.75) is 6.92 Å². The van der Waals surface area contributed by atoms with Crippen molar-refractivity contribution < 1.29 is 17.1 Å². The van der Waals surface area contributed by atoms with Crippen LogP contribution in [0.4, 0.5) is 11.4 Å². The molecule has 22 heavy (non-hydrogen) atoms. The van der Waals surface area contributed by atoms with Crippen molar-refractivity contribution in [3.05, 3.63) is 59.2 Å². The molecule has 3 aromatic rings. The molecule has 0 saturated carbocycles. The highest BCUT2D eigenvalue weighted by molar-refractivity contribution is 6.31. The minimum Gasteiger partial charge on any atom is -1.00 e. The first-order valence-corrected chi connectivity index (χ1v) is 7.02. The average Bonchev–Trinajstić information content (AvgIpc) is 2.48. The van der Waals surface area contributed by atoms with E-state index in [-0.39, 0.29) is 12.4 Å². The zero-order valence-corrected chi connectivity index (χ0v) is 13.7. The van der Waals surface area contributed by atoms with Gasteiger partial charge in [0.1, 0.15) is 5.75 Å². The fourth-order valence-electron chi connectivity index (χ4n) is 2.33. The third-order valence-corrected chi connectivity index (χ3v) is 3.51. The molecule has 1 aromatic heterocycles. The summed E-state index contributed by atoms with van der Waals surface area (Å²) in [6, 6.07) is 15.5. The smallest absolute Gasteiger partial charge is 0.142 e. The Morgan fingerprint density at radius 2 is 1.82 bits per heavy atom. The zero-order chi connectivity index (χ0) is 14.8. The molecule has 0 bridgehead atoms. The van der Waals surface area contributed by atoms with E-state index in [2.05, 4.69) is 10.3 Å². The van der Waals surface area contributed by atoms with Crippen LogP contribution in [0.1, 0.15) is 5.69 Å². The predicted molar refractivity (Wildman–Crippen MR) is 87.8 cm³/mol. The lowest BCUT2D eigenvalue weighted by Crippen LogP contribution is -3.00. The van der Waals surface area contributed by atoms with Gasteiger partial charge >= 0.3 is 0 Å². The minimum absolute atomic E-state index is 0. The molecule has 0 spiro atoms. The van der Waals surface area contributed by atoms with Crippen LogP contribution in [0.2, 0.25) is 5.02 Å². The van der Waals surface area contributed by atoms with Crippen molar-refractivity contribution in [1.82, 2.24) is 4.98 Å². The van der Waals surface area contributed by atoms with E-state index in [0.717, 1.165) is 33.7 Å². The number of nitrogens with one attached hydrogen (secondary N) is 1. The van der Waals surface area contributed by atoms with Crippen molar-refractivity contribution >= 4 is 33.9 Å². The van der Waals surface area contributed by atoms with E-state index in [0.29, 0.717) is 5.02 Å². The maximum Gasteiger partial charge on any atom is 0.142 e. The summed E-state index contributed by atoms with van der Waals surface area (Å²) in [5, 5.41) is 5.09. The summed E-state index contributed by atoms with van der Waals surface area (Å²) in [7, 11) is 1.66. The van der Waals surface area contributed by atoms with Crippen LogP contribution in [0, 0.1) is 6.92 Å². The normalized spacial score (nSPS) is 10.1. The van der Waals surface area contributed by atoms with Gasteiger partial charge in [0.15, 0.2) is 0 Å². The van der Waals surface area contributed by atoms with Gasteiger partial charge in [-0.2, -0.15) is 0 Å². The predicted octanol–water partition coefficient (Wildman–Crippen LogP) is 1.95. The number of fused-ring (bicyclic) bond motifs is 1. The standard InChI is InChI=1S/C17H15ClN2O.ClH/c1-11-9-16(13-10-12(18)7-8-14(13)19-11)20-15-5-3-4-6-17(15)21-2;/h3-10H,1-2H3,(H,19,20);1H/p-1. The number of nitrogens with zero attached hydrogens (tertiary/aromatic N) is 1. The fourth-order valence-corrected chi connectivity index (χ4v) is 2.50. The van der Waals surface area contributed by atoms with Crippen molar-refractivity contribution in [1.29, 1.82) is 0 Å². The van der Waals surface area contributed by atoms with Gasteiger partial charge in [-0.1, -0.05) is 23.7 Å². The Balaban J connectivity index is 0.00000176. The van der Waals surface area contributed by atoms with E-state index < -0.39 is 0 Å². The molecule has 0 aliphatic carbocycles. The molecular formula is C17H15Cl2N2O-. The Morgan fingerprint density at radius 3 is 2.59 bits per heavy atom. The number of aromatic nitrogens is 1. The second-order valence-corrected chi connectivity index (χ2v) is 5.23. The summed E-state index contributed by atoms with van der Waals surface area (Å²) in [5.41, 5.74) is 3.73. The van der Waals surface area contributed by atoms with Crippen LogP contribution in [0.25, 0.3) is 10.9 Å². The van der Waals surface area contributed by atoms with Gasteiger partial charge in [-0.15, -0.1) is 0 Å². The molecule has 1 N–H and O–H groups in total. The van der Waals surface area contributed by atoms with E-state index in [1.54, 1.807) is 7.11 Å². The highest BCUT2D eigenvalue weighted by atomic mass is 35.5. The summed E-state index contributed by atoms with van der Waals surface area (Å²) in [6.07, 6.45) is 0. The van der Waals surface area contributed by atoms with E-state index in [1.807, 2.05) is 55.5 Å². The van der Waals surface area contributed by atoms with Crippen LogP contribution in [-0.2, 0) is 0 Å². The van der Waals surface area contributed by atoms with Gasteiger partial charge in [0.2, 0.25) is 0 Å². The lowest BCUT2D eigenvalue weighted by Gasteiger charge is -2.13.